The lowest BCUT2D eigenvalue weighted by atomic mass is 10.1. The highest BCUT2D eigenvalue weighted by molar-refractivity contribution is 7.08. The molecular weight excluding hydrogens is 286 g/mol. The molecule has 1 aliphatic heterocycles. The van der Waals surface area contributed by atoms with Gasteiger partial charge in [-0.15, -0.1) is 5.10 Å². The first-order chi connectivity index (χ1) is 10.1. The van der Waals surface area contributed by atoms with Gasteiger partial charge in [-0.1, -0.05) is 34.8 Å². The molecule has 1 saturated heterocycles. The Bertz CT molecular complexity index is 619. The second-order valence-electron chi connectivity index (χ2n) is 5.28. The number of morpholine rings is 1. The van der Waals surface area contributed by atoms with Gasteiger partial charge in [-0.05, 0) is 25.4 Å². The molecule has 0 spiro atoms. The molecule has 6 heteroatoms. The van der Waals surface area contributed by atoms with Crippen LogP contribution in [0.1, 0.15) is 23.5 Å². The minimum atomic E-state index is -0.00847. The van der Waals surface area contributed by atoms with E-state index >= 15 is 0 Å². The predicted octanol–water partition coefficient (Wildman–Crippen LogP) is 2.45. The second-order valence-corrected chi connectivity index (χ2v) is 6.04. The summed E-state index contributed by atoms with van der Waals surface area (Å²) in [6.45, 7) is 5.18. The summed E-state index contributed by atoms with van der Waals surface area (Å²) in [5, 5.41) is 4.13. The molecule has 0 saturated carbocycles. The second kappa shape index (κ2) is 5.91. The summed E-state index contributed by atoms with van der Waals surface area (Å²) >= 11 is 1.16. The van der Waals surface area contributed by atoms with Gasteiger partial charge in [0.2, 0.25) is 0 Å². The van der Waals surface area contributed by atoms with E-state index in [0.29, 0.717) is 23.7 Å². The lowest BCUT2D eigenvalue weighted by molar-refractivity contribution is -0.0584. The Labute approximate surface area is 127 Å². The molecule has 0 radical (unpaired) electrons. The van der Waals surface area contributed by atoms with Crippen molar-refractivity contribution < 1.29 is 9.53 Å². The lowest BCUT2D eigenvalue weighted by Gasteiger charge is -2.35. The Morgan fingerprint density at radius 1 is 1.24 bits per heavy atom. The van der Waals surface area contributed by atoms with Crippen LogP contribution in [0.2, 0.25) is 0 Å². The van der Waals surface area contributed by atoms with Crippen LogP contribution < -0.4 is 0 Å². The Balaban J connectivity index is 1.88. The molecule has 1 amide bonds. The van der Waals surface area contributed by atoms with Crippen LogP contribution in [0.5, 0.6) is 0 Å². The number of hydrogen-bond acceptors (Lipinski definition) is 5. The smallest absolute Gasteiger partial charge is 0.268 e. The average molecular weight is 303 g/mol. The monoisotopic (exact) mass is 303 g/mol. The maximum absolute atomic E-state index is 12.7. The van der Waals surface area contributed by atoms with Gasteiger partial charge in [0.1, 0.15) is 10.6 Å². The fourth-order valence-electron chi connectivity index (χ4n) is 2.60. The summed E-state index contributed by atoms with van der Waals surface area (Å²) in [6.07, 6.45) is 0.109. The lowest BCUT2D eigenvalue weighted by Crippen LogP contribution is -2.48. The van der Waals surface area contributed by atoms with Crippen LogP contribution in [0.15, 0.2) is 30.3 Å². The van der Waals surface area contributed by atoms with Crippen molar-refractivity contribution >= 4 is 17.4 Å². The normalized spacial score (nSPS) is 22.3. The van der Waals surface area contributed by atoms with Crippen molar-refractivity contribution in [3.63, 3.8) is 0 Å². The van der Waals surface area contributed by atoms with Gasteiger partial charge in [-0.25, -0.2) is 0 Å². The molecule has 3 rings (SSSR count). The molecule has 110 valence electrons. The van der Waals surface area contributed by atoms with E-state index in [0.717, 1.165) is 17.1 Å². The van der Waals surface area contributed by atoms with E-state index in [1.807, 2.05) is 49.1 Å². The topological polar surface area (TPSA) is 55.3 Å². The van der Waals surface area contributed by atoms with Crippen LogP contribution in [0.3, 0.4) is 0 Å². The van der Waals surface area contributed by atoms with Gasteiger partial charge < -0.3 is 9.64 Å². The Morgan fingerprint density at radius 3 is 2.57 bits per heavy atom. The standard InChI is InChI=1S/C15H17N3O2S/c1-10-8-18(9-11(2)20-10)15(19)14-13(16-17-21-14)12-6-4-3-5-7-12/h3-7,10-11H,8-9H2,1-2H3/t10-,11-/m0/s1. The van der Waals surface area contributed by atoms with Gasteiger partial charge in [0.25, 0.3) is 5.91 Å². The largest absolute Gasteiger partial charge is 0.372 e. The molecule has 1 aromatic heterocycles. The van der Waals surface area contributed by atoms with Gasteiger partial charge in [-0.2, -0.15) is 0 Å². The van der Waals surface area contributed by atoms with Gasteiger partial charge in [0.05, 0.1) is 12.2 Å². The van der Waals surface area contributed by atoms with Crippen molar-refractivity contribution in [3.05, 3.63) is 35.2 Å². The number of carbonyl (C=O) groups is 1. The van der Waals surface area contributed by atoms with E-state index in [-0.39, 0.29) is 18.1 Å². The summed E-state index contributed by atoms with van der Waals surface area (Å²) in [5.41, 5.74) is 1.58. The molecule has 0 aliphatic carbocycles. The van der Waals surface area contributed by atoms with E-state index in [9.17, 15) is 4.79 Å². The molecule has 1 aromatic carbocycles. The number of amides is 1. The molecule has 2 atom stereocenters. The molecule has 2 aromatic rings. The molecule has 21 heavy (non-hydrogen) atoms. The van der Waals surface area contributed by atoms with E-state index in [2.05, 4.69) is 9.59 Å². The van der Waals surface area contributed by atoms with E-state index in [1.54, 1.807) is 0 Å². The maximum Gasteiger partial charge on any atom is 0.268 e. The number of ether oxygens (including phenoxy) is 1. The molecule has 5 nitrogen and oxygen atoms in total. The number of hydrogen-bond donors (Lipinski definition) is 0. The summed E-state index contributed by atoms with van der Waals surface area (Å²) in [6, 6.07) is 9.69. The summed E-state index contributed by atoms with van der Waals surface area (Å²) in [7, 11) is 0. The van der Waals surface area contributed by atoms with Crippen molar-refractivity contribution in [2.75, 3.05) is 13.1 Å². The molecule has 0 N–H and O–H groups in total. The van der Waals surface area contributed by atoms with Gasteiger partial charge in [-0.3, -0.25) is 4.79 Å². The third-order valence-corrected chi connectivity index (χ3v) is 4.15. The van der Waals surface area contributed by atoms with Crippen molar-refractivity contribution in [1.29, 1.82) is 0 Å². The number of rotatable bonds is 2. The van der Waals surface area contributed by atoms with Gasteiger partial charge in [0, 0.05) is 18.7 Å². The molecule has 0 bridgehead atoms. The van der Waals surface area contributed by atoms with Crippen molar-refractivity contribution in [2.24, 2.45) is 0 Å². The first kappa shape index (κ1) is 14.2. The highest BCUT2D eigenvalue weighted by atomic mass is 32.1. The zero-order valence-corrected chi connectivity index (χ0v) is 12.8. The van der Waals surface area contributed by atoms with E-state index in [1.165, 1.54) is 0 Å². The molecule has 0 unspecified atom stereocenters. The Kier molecular flexibility index (Phi) is 3.98. The molecule has 2 heterocycles. The summed E-state index contributed by atoms with van der Waals surface area (Å²) in [5.74, 6) is -0.00847. The zero-order chi connectivity index (χ0) is 14.8. The first-order valence-electron chi connectivity index (χ1n) is 6.97. The highest BCUT2D eigenvalue weighted by Gasteiger charge is 2.29. The first-order valence-corrected chi connectivity index (χ1v) is 7.75. The SMILES string of the molecule is C[C@H]1CN(C(=O)c2snnc2-c2ccccc2)C[C@H](C)O1. The number of carbonyl (C=O) groups excluding carboxylic acids is 1. The molecule has 1 fully saturated rings. The van der Waals surface area contributed by atoms with Crippen LogP contribution in [0.4, 0.5) is 0 Å². The Hall–Kier alpha value is -1.79. The average Bonchev–Trinajstić information content (AvgIpc) is 2.95. The van der Waals surface area contributed by atoms with Crippen molar-refractivity contribution in [2.45, 2.75) is 26.1 Å². The summed E-state index contributed by atoms with van der Waals surface area (Å²) < 4.78 is 9.64. The maximum atomic E-state index is 12.7. The summed E-state index contributed by atoms with van der Waals surface area (Å²) in [4.78, 5) is 15.2. The minimum Gasteiger partial charge on any atom is -0.372 e. The van der Waals surface area contributed by atoms with Crippen molar-refractivity contribution in [3.8, 4) is 11.3 Å². The highest BCUT2D eigenvalue weighted by Crippen LogP contribution is 2.26. The molecule has 1 aliphatic rings. The van der Waals surface area contributed by atoms with Crippen LogP contribution in [0.25, 0.3) is 11.3 Å². The van der Waals surface area contributed by atoms with Crippen LogP contribution >= 0.6 is 11.5 Å². The van der Waals surface area contributed by atoms with Crippen LogP contribution in [0, 0.1) is 0 Å². The zero-order valence-electron chi connectivity index (χ0n) is 12.0. The molecular formula is C15H17N3O2S. The van der Waals surface area contributed by atoms with Crippen LogP contribution in [-0.2, 0) is 4.74 Å². The number of aromatic nitrogens is 2. The fourth-order valence-corrected chi connectivity index (χ4v) is 3.26. The number of benzene rings is 1. The quantitative estimate of drug-likeness (QED) is 0.855. The van der Waals surface area contributed by atoms with Crippen LogP contribution in [-0.4, -0.2) is 45.7 Å². The third kappa shape index (κ3) is 2.96. The third-order valence-electron chi connectivity index (χ3n) is 3.44. The van der Waals surface area contributed by atoms with E-state index < -0.39 is 0 Å². The van der Waals surface area contributed by atoms with Gasteiger partial charge >= 0.3 is 0 Å². The minimum absolute atomic E-state index is 0.00847. The fraction of sp³-hybridized carbons (Fsp3) is 0.400. The Morgan fingerprint density at radius 2 is 1.90 bits per heavy atom. The van der Waals surface area contributed by atoms with Gasteiger partial charge in [0.15, 0.2) is 0 Å². The number of nitrogens with zero attached hydrogens (tertiary/aromatic N) is 3. The predicted molar refractivity (Wildman–Crippen MR) is 81.3 cm³/mol. The van der Waals surface area contributed by atoms with Crippen molar-refractivity contribution in [1.82, 2.24) is 14.5 Å². The van der Waals surface area contributed by atoms with E-state index in [4.69, 9.17) is 4.74 Å².